The van der Waals surface area contributed by atoms with E-state index in [0.717, 1.165) is 12.0 Å². The van der Waals surface area contributed by atoms with Crippen molar-refractivity contribution in [1.29, 1.82) is 0 Å². The van der Waals surface area contributed by atoms with E-state index >= 15 is 0 Å². The Bertz CT molecular complexity index is 643. The smallest absolute Gasteiger partial charge is 0.409 e. The Hall–Kier alpha value is -2.04. The van der Waals surface area contributed by atoms with Gasteiger partial charge in [0.25, 0.3) is 0 Å². The van der Waals surface area contributed by atoms with Crippen molar-refractivity contribution in [2.24, 2.45) is 0 Å². The minimum Gasteiger partial charge on any atom is -0.450 e. The van der Waals surface area contributed by atoms with E-state index in [4.69, 9.17) is 4.74 Å². The largest absolute Gasteiger partial charge is 0.450 e. The number of Topliss-reactive ketones (excluding diaryl/α,β-unsaturated/α-hetero) is 1. The summed E-state index contributed by atoms with van der Waals surface area (Å²) in [6, 6.07) is 6.59. The van der Waals surface area contributed by atoms with E-state index in [-0.39, 0.29) is 11.9 Å². The number of rotatable bonds is 1. The zero-order chi connectivity index (χ0) is 15.3. The molecule has 0 bridgehead atoms. The molecular weight excluding hydrogens is 280 g/mol. The molecule has 0 N–H and O–H groups in total. The van der Waals surface area contributed by atoms with Crippen LogP contribution in [0.3, 0.4) is 0 Å². The number of ether oxygens (including phenoxy) is 1. The van der Waals surface area contributed by atoms with Gasteiger partial charge in [-0.2, -0.15) is 0 Å². The molecule has 1 fully saturated rings. The maximum absolute atomic E-state index is 12.0. The molecule has 1 saturated heterocycles. The summed E-state index contributed by atoms with van der Waals surface area (Å²) < 4.78 is 5.14. The summed E-state index contributed by atoms with van der Waals surface area (Å²) in [4.78, 5) is 28.1. The van der Waals surface area contributed by atoms with Crippen LogP contribution in [0.2, 0.25) is 0 Å². The molecule has 116 valence electrons. The average Bonchev–Trinajstić information content (AvgIpc) is 2.83. The maximum Gasteiger partial charge on any atom is 0.409 e. The molecule has 0 radical (unpaired) electrons. The van der Waals surface area contributed by atoms with Crippen LogP contribution in [0.4, 0.5) is 10.5 Å². The molecule has 1 aromatic carbocycles. The molecule has 0 saturated carbocycles. The average molecular weight is 300 g/mol. The number of anilines is 1. The predicted octanol–water partition coefficient (Wildman–Crippen LogP) is 1.95. The third-order valence-corrected chi connectivity index (χ3v) is 5.07. The number of piperidine rings is 1. The molecule has 5 heteroatoms. The van der Waals surface area contributed by atoms with Gasteiger partial charge in [-0.3, -0.25) is 4.79 Å². The number of nitrogens with zero attached hydrogens (tertiary/aromatic N) is 2. The molecule has 0 unspecified atom stereocenters. The molecule has 0 aromatic heterocycles. The molecule has 1 aromatic rings. The molecule has 3 aliphatic heterocycles. The third kappa shape index (κ3) is 1.91. The molecule has 0 aliphatic carbocycles. The summed E-state index contributed by atoms with van der Waals surface area (Å²) in [5.74, 6) is 0.581. The van der Waals surface area contributed by atoms with Gasteiger partial charge in [-0.05, 0) is 24.5 Å². The van der Waals surface area contributed by atoms with E-state index in [0.29, 0.717) is 44.6 Å². The van der Waals surface area contributed by atoms with Gasteiger partial charge in [0.05, 0.1) is 13.2 Å². The third-order valence-electron chi connectivity index (χ3n) is 5.07. The minimum atomic E-state index is -0.219. The molecule has 2 atom stereocenters. The first-order valence-corrected chi connectivity index (χ1v) is 8.01. The highest BCUT2D eigenvalue weighted by molar-refractivity contribution is 5.92. The van der Waals surface area contributed by atoms with Crippen LogP contribution < -0.4 is 4.90 Å². The van der Waals surface area contributed by atoms with E-state index < -0.39 is 0 Å². The summed E-state index contributed by atoms with van der Waals surface area (Å²) >= 11 is 0. The lowest BCUT2D eigenvalue weighted by Gasteiger charge is -2.39. The Morgan fingerprint density at radius 2 is 2.27 bits per heavy atom. The molecular formula is C17H20N2O3. The molecule has 3 aliphatic rings. The molecule has 3 heterocycles. The number of ketones is 1. The number of benzene rings is 1. The van der Waals surface area contributed by atoms with Crippen LogP contribution in [-0.2, 0) is 16.0 Å². The van der Waals surface area contributed by atoms with Gasteiger partial charge < -0.3 is 14.5 Å². The first-order valence-electron chi connectivity index (χ1n) is 8.01. The van der Waals surface area contributed by atoms with Crippen LogP contribution in [0, 0.1) is 0 Å². The number of para-hydroxylation sites is 1. The predicted molar refractivity (Wildman–Crippen MR) is 82.2 cm³/mol. The Morgan fingerprint density at radius 3 is 3.09 bits per heavy atom. The fourth-order valence-electron chi connectivity index (χ4n) is 4.22. The van der Waals surface area contributed by atoms with Gasteiger partial charge in [-0.1, -0.05) is 18.2 Å². The van der Waals surface area contributed by atoms with E-state index in [1.54, 1.807) is 0 Å². The van der Waals surface area contributed by atoms with Gasteiger partial charge in [-0.25, -0.2) is 4.79 Å². The quantitative estimate of drug-likeness (QED) is 0.795. The lowest BCUT2D eigenvalue weighted by Crippen LogP contribution is -2.50. The fourth-order valence-corrected chi connectivity index (χ4v) is 4.22. The van der Waals surface area contributed by atoms with Crippen molar-refractivity contribution in [2.75, 3.05) is 31.1 Å². The van der Waals surface area contributed by atoms with Gasteiger partial charge >= 0.3 is 6.09 Å². The van der Waals surface area contributed by atoms with Crippen molar-refractivity contribution < 1.29 is 14.3 Å². The topological polar surface area (TPSA) is 49.9 Å². The van der Waals surface area contributed by atoms with Gasteiger partial charge in [0, 0.05) is 37.2 Å². The lowest BCUT2D eigenvalue weighted by atomic mass is 9.89. The van der Waals surface area contributed by atoms with Crippen LogP contribution in [0.15, 0.2) is 18.2 Å². The zero-order valence-corrected chi connectivity index (χ0v) is 12.7. The van der Waals surface area contributed by atoms with Gasteiger partial charge in [0.2, 0.25) is 0 Å². The summed E-state index contributed by atoms with van der Waals surface area (Å²) in [7, 11) is 0. The van der Waals surface area contributed by atoms with E-state index in [9.17, 15) is 9.59 Å². The summed E-state index contributed by atoms with van der Waals surface area (Å²) in [5.41, 5.74) is 3.69. The van der Waals surface area contributed by atoms with Crippen molar-refractivity contribution in [2.45, 2.75) is 31.7 Å². The van der Waals surface area contributed by atoms with Crippen LogP contribution in [-0.4, -0.2) is 49.1 Å². The Kier molecular flexibility index (Phi) is 3.10. The van der Waals surface area contributed by atoms with Crippen molar-refractivity contribution in [1.82, 2.24) is 4.90 Å². The highest BCUT2D eigenvalue weighted by Gasteiger charge is 2.45. The standard InChI is InChI=1S/C17H20N2O3/c1-2-22-17(21)18-7-6-15-14(10-18)13-5-3-4-11-8-12(20)9-19(15)16(11)13/h3-5,14-15H,2,6-10H2,1H3/t14-,15-/m0/s1. The Balaban J connectivity index is 1.67. The molecule has 0 spiro atoms. The number of carbonyl (C=O) groups is 2. The second kappa shape index (κ2) is 5.00. The number of fused-ring (bicyclic) bond motifs is 3. The second-order valence-electron chi connectivity index (χ2n) is 6.31. The normalized spacial score (nSPS) is 25.8. The maximum atomic E-state index is 12.0. The zero-order valence-electron chi connectivity index (χ0n) is 12.7. The Morgan fingerprint density at radius 1 is 1.41 bits per heavy atom. The lowest BCUT2D eigenvalue weighted by molar-refractivity contribution is -0.117. The number of hydrogen-bond acceptors (Lipinski definition) is 4. The van der Waals surface area contributed by atoms with Crippen LogP contribution in [0.1, 0.15) is 30.4 Å². The fraction of sp³-hybridized carbons (Fsp3) is 0.529. The molecule has 22 heavy (non-hydrogen) atoms. The van der Waals surface area contributed by atoms with Gasteiger partial charge in [0.15, 0.2) is 5.78 Å². The van der Waals surface area contributed by atoms with Crippen molar-refractivity contribution in [3.8, 4) is 0 Å². The molecule has 4 rings (SSSR count). The van der Waals surface area contributed by atoms with Crippen LogP contribution in [0.5, 0.6) is 0 Å². The SMILES string of the molecule is CCOC(=O)N1CC[C@H]2[C@@H](C1)c1cccc3c1N2CC(=O)C3. The number of likely N-dealkylation sites (tertiary alicyclic amines) is 1. The first-order chi connectivity index (χ1) is 10.7. The Labute approximate surface area is 129 Å². The monoisotopic (exact) mass is 300 g/mol. The van der Waals surface area contributed by atoms with Crippen LogP contribution >= 0.6 is 0 Å². The minimum absolute atomic E-state index is 0.219. The summed E-state index contributed by atoms with van der Waals surface area (Å²) in [6.07, 6.45) is 1.22. The van der Waals surface area contributed by atoms with E-state index in [1.807, 2.05) is 17.9 Å². The number of hydrogen-bond donors (Lipinski definition) is 0. The van der Waals surface area contributed by atoms with Crippen molar-refractivity contribution in [3.63, 3.8) is 0 Å². The number of amides is 1. The highest BCUT2D eigenvalue weighted by atomic mass is 16.6. The number of carbonyl (C=O) groups excluding carboxylic acids is 2. The summed E-state index contributed by atoms with van der Waals surface area (Å²) in [5, 5.41) is 0. The van der Waals surface area contributed by atoms with Crippen LogP contribution in [0.25, 0.3) is 0 Å². The van der Waals surface area contributed by atoms with Crippen molar-refractivity contribution >= 4 is 17.6 Å². The second-order valence-corrected chi connectivity index (χ2v) is 6.31. The van der Waals surface area contributed by atoms with E-state index in [1.165, 1.54) is 11.3 Å². The van der Waals surface area contributed by atoms with E-state index in [2.05, 4.69) is 17.0 Å². The van der Waals surface area contributed by atoms with Crippen molar-refractivity contribution in [3.05, 3.63) is 29.3 Å². The van der Waals surface area contributed by atoms with Gasteiger partial charge in [-0.15, -0.1) is 0 Å². The molecule has 1 amide bonds. The molecule has 5 nitrogen and oxygen atoms in total. The first kappa shape index (κ1) is 13.6. The highest BCUT2D eigenvalue weighted by Crippen LogP contribution is 2.47. The summed E-state index contributed by atoms with van der Waals surface area (Å²) in [6.45, 7) is 4.14. The van der Waals surface area contributed by atoms with Gasteiger partial charge in [0.1, 0.15) is 0 Å².